The highest BCUT2D eigenvalue weighted by Gasteiger charge is 2.46. The van der Waals surface area contributed by atoms with Crippen molar-refractivity contribution in [3.05, 3.63) is 71.6 Å². The quantitative estimate of drug-likeness (QED) is 0.298. The van der Waals surface area contributed by atoms with Gasteiger partial charge in [0.05, 0.1) is 41.7 Å². The fourth-order valence-corrected chi connectivity index (χ4v) is 4.85. The Kier molecular flexibility index (Phi) is 8.51. The molecule has 2 atom stereocenters. The van der Waals surface area contributed by atoms with E-state index in [0.29, 0.717) is 37.3 Å². The van der Waals surface area contributed by atoms with Crippen LogP contribution in [-0.2, 0) is 12.4 Å². The van der Waals surface area contributed by atoms with Crippen LogP contribution in [0.15, 0.2) is 48.7 Å². The number of anilines is 1. The number of ether oxygens (including phenoxy) is 1. The van der Waals surface area contributed by atoms with E-state index >= 15 is 0 Å². The molecule has 0 saturated carbocycles. The molecule has 2 aromatic carbocycles. The zero-order chi connectivity index (χ0) is 26.6. The Morgan fingerprint density at radius 1 is 1.19 bits per heavy atom. The van der Waals surface area contributed by atoms with Gasteiger partial charge in [0.1, 0.15) is 11.9 Å². The fourth-order valence-electron chi connectivity index (χ4n) is 4.65. The average Bonchev–Trinajstić information content (AvgIpc) is 2.92. The maximum Gasteiger partial charge on any atom is 0.265 e. The van der Waals surface area contributed by atoms with Gasteiger partial charge < -0.3 is 20.1 Å². The second-order valence-electron chi connectivity index (χ2n) is 8.93. The predicted molar refractivity (Wildman–Crippen MR) is 133 cm³/mol. The molecule has 1 fully saturated rings. The topological polar surface area (TPSA) is 70.5 Å². The molecule has 1 aliphatic heterocycles. The van der Waals surface area contributed by atoms with E-state index in [1.807, 2.05) is 30.3 Å². The summed E-state index contributed by atoms with van der Waals surface area (Å²) in [4.78, 5) is 10.4. The van der Waals surface area contributed by atoms with E-state index in [4.69, 9.17) is 16.3 Å². The Morgan fingerprint density at radius 2 is 1.95 bits per heavy atom. The molecule has 1 saturated heterocycles. The first-order chi connectivity index (χ1) is 17.8. The Hall–Kier alpha value is -2.95. The fraction of sp³-hybridized carbons (Fsp3) is 0.385. The first-order valence-electron chi connectivity index (χ1n) is 11.7. The van der Waals surface area contributed by atoms with Gasteiger partial charge in [-0.2, -0.15) is 0 Å². The Morgan fingerprint density at radius 3 is 2.62 bits per heavy atom. The normalized spacial score (nSPS) is 18.8. The van der Waals surface area contributed by atoms with Gasteiger partial charge in [0.15, 0.2) is 17.4 Å². The van der Waals surface area contributed by atoms with Crippen molar-refractivity contribution < 1.29 is 27.4 Å². The standard InChI is InChI=1S/C26H27ClF4N4O2/c1-37-22-11-18(28)17(10-19(22)29)25-32-14-21(20(12-27)34-25)35-9-5-8-26(15-35,23(36)24(30)31)33-13-16-6-3-2-4-7-16/h2-4,6-7,10-11,14,23-24,33,36H,5,8-9,12-13,15H2,1H3/t23-,26-/m1/s1. The van der Waals surface area contributed by atoms with Crippen molar-refractivity contribution in [1.29, 1.82) is 0 Å². The van der Waals surface area contributed by atoms with E-state index in [2.05, 4.69) is 15.3 Å². The third-order valence-corrected chi connectivity index (χ3v) is 6.86. The van der Waals surface area contributed by atoms with Crippen LogP contribution in [0.2, 0.25) is 0 Å². The molecule has 1 aliphatic rings. The molecule has 2 heterocycles. The number of nitrogens with one attached hydrogen (secondary N) is 1. The maximum atomic E-state index is 14.6. The molecule has 3 aromatic rings. The third-order valence-electron chi connectivity index (χ3n) is 6.61. The number of benzene rings is 2. The number of halogens is 5. The number of aromatic nitrogens is 2. The van der Waals surface area contributed by atoms with Gasteiger partial charge in [0.25, 0.3) is 6.43 Å². The summed E-state index contributed by atoms with van der Waals surface area (Å²) in [7, 11) is 1.23. The summed E-state index contributed by atoms with van der Waals surface area (Å²) in [5, 5.41) is 13.8. The van der Waals surface area contributed by atoms with Gasteiger partial charge in [-0.05, 0) is 24.5 Å². The highest BCUT2D eigenvalue weighted by atomic mass is 35.5. The highest BCUT2D eigenvalue weighted by molar-refractivity contribution is 6.17. The van der Waals surface area contributed by atoms with Gasteiger partial charge in [-0.3, -0.25) is 0 Å². The van der Waals surface area contributed by atoms with E-state index in [1.54, 1.807) is 4.90 Å². The largest absolute Gasteiger partial charge is 0.494 e. The third kappa shape index (κ3) is 5.81. The molecular formula is C26H27ClF4N4O2. The molecule has 6 nitrogen and oxygen atoms in total. The van der Waals surface area contributed by atoms with Crippen LogP contribution in [0.1, 0.15) is 24.1 Å². The number of hydrogen-bond donors (Lipinski definition) is 2. The lowest BCUT2D eigenvalue weighted by molar-refractivity contribution is -0.0657. The minimum atomic E-state index is -2.96. The van der Waals surface area contributed by atoms with Gasteiger partial charge in [-0.15, -0.1) is 11.6 Å². The number of piperidine rings is 1. The van der Waals surface area contributed by atoms with Crippen molar-refractivity contribution in [3.63, 3.8) is 0 Å². The SMILES string of the molecule is COc1cc(F)c(-c2ncc(N3CCC[C@](NCc4ccccc4)([C@H](O)C(F)F)C3)c(CCl)n2)cc1F. The molecule has 198 valence electrons. The lowest BCUT2D eigenvalue weighted by Gasteiger charge is -2.47. The van der Waals surface area contributed by atoms with Crippen molar-refractivity contribution in [2.24, 2.45) is 0 Å². The second kappa shape index (κ2) is 11.6. The van der Waals surface area contributed by atoms with Crippen LogP contribution < -0.4 is 15.0 Å². The van der Waals surface area contributed by atoms with E-state index in [-0.39, 0.29) is 29.6 Å². The van der Waals surface area contributed by atoms with Crippen LogP contribution in [0.25, 0.3) is 11.4 Å². The van der Waals surface area contributed by atoms with Gasteiger partial charge in [0, 0.05) is 25.7 Å². The van der Waals surface area contributed by atoms with E-state index in [0.717, 1.165) is 17.7 Å². The van der Waals surface area contributed by atoms with Crippen LogP contribution >= 0.6 is 11.6 Å². The van der Waals surface area contributed by atoms with Gasteiger partial charge in [-0.25, -0.2) is 27.5 Å². The molecule has 11 heteroatoms. The molecule has 2 N–H and O–H groups in total. The molecule has 0 unspecified atom stereocenters. The summed E-state index contributed by atoms with van der Waals surface area (Å²) in [6.45, 7) is 0.824. The number of nitrogens with zero attached hydrogens (tertiary/aromatic N) is 3. The molecule has 0 spiro atoms. The molecule has 37 heavy (non-hydrogen) atoms. The molecule has 0 bridgehead atoms. The Balaban J connectivity index is 1.64. The van der Waals surface area contributed by atoms with Crippen molar-refractivity contribution in [2.45, 2.75) is 43.3 Å². The number of rotatable bonds is 9. The lowest BCUT2D eigenvalue weighted by atomic mass is 9.83. The van der Waals surface area contributed by atoms with Crippen LogP contribution in [-0.4, -0.2) is 53.3 Å². The maximum absolute atomic E-state index is 14.6. The summed E-state index contributed by atoms with van der Waals surface area (Å²) in [5.41, 5.74) is 0.216. The first kappa shape index (κ1) is 27.1. The zero-order valence-corrected chi connectivity index (χ0v) is 20.9. The van der Waals surface area contributed by atoms with E-state index in [9.17, 15) is 22.7 Å². The number of hydrogen-bond acceptors (Lipinski definition) is 6. The van der Waals surface area contributed by atoms with Crippen LogP contribution in [0.4, 0.5) is 23.2 Å². The van der Waals surface area contributed by atoms with Gasteiger partial charge in [0.2, 0.25) is 0 Å². The smallest absolute Gasteiger partial charge is 0.265 e. The van der Waals surface area contributed by atoms with Crippen LogP contribution in [0, 0.1) is 11.6 Å². The average molecular weight is 539 g/mol. The van der Waals surface area contributed by atoms with Gasteiger partial charge in [-0.1, -0.05) is 30.3 Å². The summed E-state index contributed by atoms with van der Waals surface area (Å²) in [6.07, 6.45) is -2.62. The molecular weight excluding hydrogens is 512 g/mol. The monoisotopic (exact) mass is 538 g/mol. The Bertz CT molecular complexity index is 1220. The summed E-state index contributed by atoms with van der Waals surface area (Å²) < 4.78 is 61.2. The summed E-state index contributed by atoms with van der Waals surface area (Å²) >= 11 is 6.16. The minimum absolute atomic E-state index is 0.0451. The molecule has 0 aliphatic carbocycles. The minimum Gasteiger partial charge on any atom is -0.494 e. The summed E-state index contributed by atoms with van der Waals surface area (Å²) in [5.74, 6) is -1.94. The first-order valence-corrected chi connectivity index (χ1v) is 12.3. The Labute approximate surface area is 217 Å². The summed E-state index contributed by atoms with van der Waals surface area (Å²) in [6, 6.07) is 11.2. The van der Waals surface area contributed by atoms with E-state index in [1.165, 1.54) is 13.3 Å². The van der Waals surface area contributed by atoms with Crippen LogP contribution in [0.3, 0.4) is 0 Å². The van der Waals surface area contributed by atoms with Crippen molar-refractivity contribution >= 4 is 17.3 Å². The lowest BCUT2D eigenvalue weighted by Crippen LogP contribution is -2.65. The molecule has 0 amide bonds. The van der Waals surface area contributed by atoms with E-state index < -0.39 is 29.7 Å². The van der Waals surface area contributed by atoms with Crippen LogP contribution in [0.5, 0.6) is 5.75 Å². The number of alkyl halides is 3. The van der Waals surface area contributed by atoms with Gasteiger partial charge >= 0.3 is 0 Å². The zero-order valence-electron chi connectivity index (χ0n) is 20.1. The molecule has 1 aromatic heterocycles. The van der Waals surface area contributed by atoms with Crippen molar-refractivity contribution in [3.8, 4) is 17.1 Å². The number of aliphatic hydroxyl groups is 1. The number of aliphatic hydroxyl groups excluding tert-OH is 1. The molecule has 4 rings (SSSR count). The van der Waals surface area contributed by atoms with Crippen molar-refractivity contribution in [1.82, 2.24) is 15.3 Å². The molecule has 0 radical (unpaired) electrons. The highest BCUT2D eigenvalue weighted by Crippen LogP contribution is 2.34. The second-order valence-corrected chi connectivity index (χ2v) is 9.19. The van der Waals surface area contributed by atoms with Crippen molar-refractivity contribution in [2.75, 3.05) is 25.1 Å². The predicted octanol–water partition coefficient (Wildman–Crippen LogP) is 4.92. The number of methoxy groups -OCH3 is 1.